The van der Waals surface area contributed by atoms with Crippen LogP contribution >= 0.6 is 0 Å². The summed E-state index contributed by atoms with van der Waals surface area (Å²) < 4.78 is 5.26. The maximum absolute atomic E-state index is 12.3. The van der Waals surface area contributed by atoms with Crippen LogP contribution in [0.25, 0.3) is 0 Å². The van der Waals surface area contributed by atoms with Crippen LogP contribution in [0.1, 0.15) is 38.5 Å². The van der Waals surface area contributed by atoms with Crippen LogP contribution in [0.5, 0.6) is 0 Å². The predicted octanol–water partition coefficient (Wildman–Crippen LogP) is 1.91. The maximum Gasteiger partial charge on any atom is 0.317 e. The number of hydrogen-bond donors (Lipinski definition) is 2. The molecule has 5 heteroatoms. The van der Waals surface area contributed by atoms with Gasteiger partial charge in [0.05, 0.1) is 19.3 Å². The van der Waals surface area contributed by atoms with Crippen molar-refractivity contribution in [2.45, 2.75) is 50.7 Å². The topological polar surface area (TPSA) is 61.8 Å². The van der Waals surface area contributed by atoms with E-state index in [1.54, 1.807) is 6.08 Å². The monoisotopic (exact) mass is 296 g/mol. The zero-order chi connectivity index (χ0) is 15.1. The third-order valence-corrected chi connectivity index (χ3v) is 4.59. The van der Waals surface area contributed by atoms with E-state index in [2.05, 4.69) is 11.9 Å². The Bertz CT molecular complexity index is 348. The zero-order valence-corrected chi connectivity index (χ0v) is 12.8. The normalized spacial score (nSPS) is 29.4. The molecule has 0 radical (unpaired) electrons. The van der Waals surface area contributed by atoms with Gasteiger partial charge in [0.2, 0.25) is 0 Å². The Morgan fingerprint density at radius 1 is 1.33 bits per heavy atom. The van der Waals surface area contributed by atoms with E-state index in [1.165, 1.54) is 6.42 Å². The molecule has 3 atom stereocenters. The number of likely N-dealkylation sites (tertiary alicyclic amines) is 1. The minimum absolute atomic E-state index is 0.0162. The van der Waals surface area contributed by atoms with Crippen LogP contribution in [0.2, 0.25) is 0 Å². The third-order valence-electron chi connectivity index (χ3n) is 4.59. The van der Waals surface area contributed by atoms with Crippen LogP contribution < -0.4 is 5.32 Å². The Morgan fingerprint density at radius 2 is 2.14 bits per heavy atom. The van der Waals surface area contributed by atoms with E-state index in [9.17, 15) is 9.90 Å². The molecule has 1 aliphatic heterocycles. The third kappa shape index (κ3) is 4.45. The van der Waals surface area contributed by atoms with Crippen LogP contribution in [-0.2, 0) is 4.74 Å². The lowest BCUT2D eigenvalue weighted by atomic mass is 9.80. The molecule has 0 bridgehead atoms. The quantitative estimate of drug-likeness (QED) is 0.581. The van der Waals surface area contributed by atoms with Gasteiger partial charge in [-0.2, -0.15) is 0 Å². The van der Waals surface area contributed by atoms with Crippen LogP contribution in [-0.4, -0.2) is 54.5 Å². The molecule has 2 rings (SSSR count). The second-order valence-corrected chi connectivity index (χ2v) is 6.01. The highest BCUT2D eigenvalue weighted by Crippen LogP contribution is 2.34. The summed E-state index contributed by atoms with van der Waals surface area (Å²) in [5.74, 6) is 0.254. The lowest BCUT2D eigenvalue weighted by Gasteiger charge is -2.37. The Kier molecular flexibility index (Phi) is 6.51. The Balaban J connectivity index is 1.80. The minimum Gasteiger partial charge on any atom is -0.393 e. The summed E-state index contributed by atoms with van der Waals surface area (Å²) >= 11 is 0. The first kappa shape index (κ1) is 16.3. The summed E-state index contributed by atoms with van der Waals surface area (Å²) in [6, 6.07) is 0.187. The number of carbonyl (C=O) groups is 1. The molecule has 1 saturated heterocycles. The van der Waals surface area contributed by atoms with Gasteiger partial charge in [-0.25, -0.2) is 4.79 Å². The summed E-state index contributed by atoms with van der Waals surface area (Å²) in [4.78, 5) is 14.2. The largest absolute Gasteiger partial charge is 0.393 e. The van der Waals surface area contributed by atoms with Gasteiger partial charge < -0.3 is 20.1 Å². The summed E-state index contributed by atoms with van der Waals surface area (Å²) in [5.41, 5.74) is 0. The van der Waals surface area contributed by atoms with Gasteiger partial charge in [0.15, 0.2) is 0 Å². The van der Waals surface area contributed by atoms with Gasteiger partial charge in [0.25, 0.3) is 0 Å². The minimum atomic E-state index is -0.243. The molecule has 2 amide bonds. The van der Waals surface area contributed by atoms with Crippen molar-refractivity contribution in [1.29, 1.82) is 0 Å². The first-order valence-electron chi connectivity index (χ1n) is 8.15. The Hall–Kier alpha value is -1.07. The molecule has 1 heterocycles. The molecule has 1 saturated carbocycles. The second kappa shape index (κ2) is 8.39. The van der Waals surface area contributed by atoms with Crippen molar-refractivity contribution < 1.29 is 14.6 Å². The Labute approximate surface area is 127 Å². The van der Waals surface area contributed by atoms with E-state index in [0.717, 1.165) is 38.6 Å². The van der Waals surface area contributed by atoms with Gasteiger partial charge >= 0.3 is 6.03 Å². The van der Waals surface area contributed by atoms with Crippen molar-refractivity contribution in [2.75, 3.05) is 26.3 Å². The molecule has 0 aromatic rings. The molecule has 2 aliphatic rings. The lowest BCUT2D eigenvalue weighted by molar-refractivity contribution is 0.0305. The number of nitrogens with one attached hydrogen (secondary N) is 1. The van der Waals surface area contributed by atoms with Crippen molar-refractivity contribution in [1.82, 2.24) is 10.2 Å². The maximum atomic E-state index is 12.3. The predicted molar refractivity (Wildman–Crippen MR) is 82.1 cm³/mol. The second-order valence-electron chi connectivity index (χ2n) is 6.01. The fraction of sp³-hybridized carbons (Fsp3) is 0.812. The number of hydrogen-bond acceptors (Lipinski definition) is 3. The summed E-state index contributed by atoms with van der Waals surface area (Å²) in [6.07, 6.45) is 7.71. The molecule has 0 spiro atoms. The van der Waals surface area contributed by atoms with Gasteiger partial charge in [-0.15, -0.1) is 6.58 Å². The van der Waals surface area contributed by atoms with Crippen molar-refractivity contribution in [3.8, 4) is 0 Å². The number of ether oxygens (including phenoxy) is 1. The molecule has 0 aromatic heterocycles. The molecule has 21 heavy (non-hydrogen) atoms. The van der Waals surface area contributed by atoms with Gasteiger partial charge in [-0.05, 0) is 25.7 Å². The van der Waals surface area contributed by atoms with E-state index in [4.69, 9.17) is 4.74 Å². The average molecular weight is 296 g/mol. The first-order valence-corrected chi connectivity index (χ1v) is 8.15. The van der Waals surface area contributed by atoms with E-state index < -0.39 is 0 Å². The van der Waals surface area contributed by atoms with Crippen molar-refractivity contribution in [3.63, 3.8) is 0 Å². The standard InChI is InChI=1S/C16H28N2O3/c1-2-11-21-12-9-17-16(20)18-10-5-7-14(18)13-6-3-4-8-15(13)19/h2,13-15,19H,1,3-12H2,(H,17,20)/t13-,14-,15+/m1/s1. The van der Waals surface area contributed by atoms with Crippen LogP contribution in [0.15, 0.2) is 12.7 Å². The lowest BCUT2D eigenvalue weighted by Crippen LogP contribution is -2.49. The highest BCUT2D eigenvalue weighted by atomic mass is 16.5. The number of nitrogens with zero attached hydrogens (tertiary/aromatic N) is 1. The number of carbonyl (C=O) groups excluding carboxylic acids is 1. The van der Waals surface area contributed by atoms with E-state index >= 15 is 0 Å². The Morgan fingerprint density at radius 3 is 2.90 bits per heavy atom. The van der Waals surface area contributed by atoms with Crippen LogP contribution in [0.3, 0.4) is 0 Å². The number of urea groups is 1. The molecular formula is C16H28N2O3. The SMILES string of the molecule is C=CCOCCNC(=O)N1CCC[C@@H]1[C@H]1CCCC[C@@H]1O. The fourth-order valence-electron chi connectivity index (χ4n) is 3.58. The van der Waals surface area contributed by atoms with Crippen LogP contribution in [0, 0.1) is 5.92 Å². The molecule has 0 unspecified atom stereocenters. The van der Waals surface area contributed by atoms with E-state index in [-0.39, 0.29) is 24.1 Å². The van der Waals surface area contributed by atoms with Gasteiger partial charge in [-0.1, -0.05) is 18.9 Å². The molecule has 120 valence electrons. The van der Waals surface area contributed by atoms with Crippen LogP contribution in [0.4, 0.5) is 4.79 Å². The van der Waals surface area contributed by atoms with E-state index in [1.807, 2.05) is 4.90 Å². The van der Waals surface area contributed by atoms with E-state index in [0.29, 0.717) is 19.8 Å². The first-order chi connectivity index (χ1) is 10.2. The summed E-state index contributed by atoms with van der Waals surface area (Å²) in [6.45, 7) is 5.91. The summed E-state index contributed by atoms with van der Waals surface area (Å²) in [5, 5.41) is 13.1. The van der Waals surface area contributed by atoms with Crippen molar-refractivity contribution in [3.05, 3.63) is 12.7 Å². The van der Waals surface area contributed by atoms with Gasteiger partial charge in [0, 0.05) is 25.0 Å². The number of amides is 2. The highest BCUT2D eigenvalue weighted by molar-refractivity contribution is 5.74. The number of aliphatic hydroxyl groups excluding tert-OH is 1. The average Bonchev–Trinajstić information content (AvgIpc) is 2.96. The number of rotatable bonds is 6. The molecule has 1 aliphatic carbocycles. The zero-order valence-electron chi connectivity index (χ0n) is 12.8. The van der Waals surface area contributed by atoms with Crippen molar-refractivity contribution in [2.24, 2.45) is 5.92 Å². The molecule has 5 nitrogen and oxygen atoms in total. The van der Waals surface area contributed by atoms with Gasteiger partial charge in [-0.3, -0.25) is 0 Å². The molecule has 0 aromatic carbocycles. The van der Waals surface area contributed by atoms with Crippen molar-refractivity contribution >= 4 is 6.03 Å². The molecular weight excluding hydrogens is 268 g/mol. The highest BCUT2D eigenvalue weighted by Gasteiger charge is 2.38. The number of aliphatic hydroxyl groups is 1. The molecule has 2 N–H and O–H groups in total. The van der Waals surface area contributed by atoms with Gasteiger partial charge in [0.1, 0.15) is 0 Å². The smallest absolute Gasteiger partial charge is 0.317 e. The molecule has 2 fully saturated rings. The summed E-state index contributed by atoms with van der Waals surface area (Å²) in [7, 11) is 0. The fourth-order valence-corrected chi connectivity index (χ4v) is 3.58.